The number of halogens is 2. The van der Waals surface area contributed by atoms with Crippen LogP contribution < -0.4 is 10.1 Å². The Morgan fingerprint density at radius 3 is 2.24 bits per heavy atom. The van der Waals surface area contributed by atoms with Crippen molar-refractivity contribution in [1.82, 2.24) is 10.2 Å². The van der Waals surface area contributed by atoms with E-state index in [0.717, 1.165) is 16.7 Å². The second-order valence-corrected chi connectivity index (χ2v) is 10.00. The minimum absolute atomic E-state index is 0.0693. The molecular formula is C30H34ClFN2O3. The Morgan fingerprint density at radius 1 is 1.00 bits per heavy atom. The number of carbonyl (C=O) groups is 2. The van der Waals surface area contributed by atoms with Gasteiger partial charge in [-0.05, 0) is 54.7 Å². The maximum Gasteiger partial charge on any atom is 0.261 e. The normalized spacial score (nSPS) is 11.8. The fraction of sp³-hybridized carbons (Fsp3) is 0.333. The van der Waals surface area contributed by atoms with Crippen molar-refractivity contribution in [2.24, 2.45) is 5.92 Å². The monoisotopic (exact) mass is 524 g/mol. The number of aryl methyl sites for hydroxylation is 2. The first-order valence-electron chi connectivity index (χ1n) is 12.4. The van der Waals surface area contributed by atoms with Crippen molar-refractivity contribution in [3.05, 3.63) is 99.8 Å². The lowest BCUT2D eigenvalue weighted by Crippen LogP contribution is -2.52. The molecule has 0 fully saturated rings. The SMILES string of the molecule is Cc1cc(OCC(=O)N(Cc2ccccc2F)[C@@H](Cc2ccccc2)C(=O)NCC(C)C)cc(C)c1Cl. The quantitative estimate of drug-likeness (QED) is 0.340. The number of ether oxygens (including phenoxy) is 1. The van der Waals surface area contributed by atoms with Gasteiger partial charge in [0.05, 0.1) is 0 Å². The molecular weight excluding hydrogens is 491 g/mol. The molecule has 1 atom stereocenters. The molecule has 0 aromatic heterocycles. The topological polar surface area (TPSA) is 58.6 Å². The molecule has 2 amide bonds. The van der Waals surface area contributed by atoms with Crippen molar-refractivity contribution in [2.75, 3.05) is 13.2 Å². The molecule has 7 heteroatoms. The second-order valence-electron chi connectivity index (χ2n) is 9.62. The summed E-state index contributed by atoms with van der Waals surface area (Å²) in [6, 6.07) is 18.4. The number of amides is 2. The number of nitrogens with zero attached hydrogens (tertiary/aromatic N) is 1. The molecule has 0 saturated carbocycles. The van der Waals surface area contributed by atoms with Gasteiger partial charge in [0, 0.05) is 30.1 Å². The largest absolute Gasteiger partial charge is 0.484 e. The van der Waals surface area contributed by atoms with Crippen LogP contribution in [-0.4, -0.2) is 35.9 Å². The van der Waals surface area contributed by atoms with Crippen molar-refractivity contribution >= 4 is 23.4 Å². The van der Waals surface area contributed by atoms with Crippen LogP contribution in [0.3, 0.4) is 0 Å². The Hall–Kier alpha value is -3.38. The van der Waals surface area contributed by atoms with Crippen LogP contribution in [0.4, 0.5) is 4.39 Å². The number of benzene rings is 3. The molecule has 3 aromatic rings. The zero-order valence-electron chi connectivity index (χ0n) is 21.8. The Balaban J connectivity index is 1.92. The zero-order valence-corrected chi connectivity index (χ0v) is 22.5. The fourth-order valence-corrected chi connectivity index (χ4v) is 4.11. The first kappa shape index (κ1) is 28.2. The minimum atomic E-state index is -0.856. The summed E-state index contributed by atoms with van der Waals surface area (Å²) in [6.07, 6.45) is 0.282. The van der Waals surface area contributed by atoms with Crippen LogP contribution in [0.5, 0.6) is 5.75 Å². The van der Waals surface area contributed by atoms with Gasteiger partial charge < -0.3 is 15.0 Å². The van der Waals surface area contributed by atoms with Gasteiger partial charge in [0.2, 0.25) is 5.91 Å². The van der Waals surface area contributed by atoms with Gasteiger partial charge in [-0.25, -0.2) is 4.39 Å². The molecule has 1 N–H and O–H groups in total. The van der Waals surface area contributed by atoms with Crippen molar-refractivity contribution in [3.8, 4) is 5.75 Å². The Labute approximate surface area is 223 Å². The molecule has 0 spiro atoms. The third-order valence-electron chi connectivity index (χ3n) is 6.03. The van der Waals surface area contributed by atoms with E-state index in [-0.39, 0.29) is 31.4 Å². The van der Waals surface area contributed by atoms with Crippen molar-refractivity contribution in [2.45, 2.75) is 46.7 Å². The van der Waals surface area contributed by atoms with E-state index < -0.39 is 17.8 Å². The Kier molecular flexibility index (Phi) is 10.1. The molecule has 3 rings (SSSR count). The highest BCUT2D eigenvalue weighted by Gasteiger charge is 2.31. The van der Waals surface area contributed by atoms with Crippen LogP contribution in [0.1, 0.15) is 36.1 Å². The lowest BCUT2D eigenvalue weighted by molar-refractivity contribution is -0.142. The van der Waals surface area contributed by atoms with Gasteiger partial charge in [-0.15, -0.1) is 0 Å². The van der Waals surface area contributed by atoms with Crippen molar-refractivity contribution in [3.63, 3.8) is 0 Å². The Morgan fingerprint density at radius 2 is 1.62 bits per heavy atom. The van der Waals surface area contributed by atoms with Crippen molar-refractivity contribution in [1.29, 1.82) is 0 Å². The highest BCUT2D eigenvalue weighted by Crippen LogP contribution is 2.26. The van der Waals surface area contributed by atoms with Gasteiger partial charge in [-0.1, -0.05) is 74.0 Å². The summed E-state index contributed by atoms with van der Waals surface area (Å²) < 4.78 is 20.5. The third kappa shape index (κ3) is 8.05. The van der Waals surface area contributed by atoms with Crippen LogP contribution in [0.15, 0.2) is 66.7 Å². The zero-order chi connectivity index (χ0) is 26.9. The number of rotatable bonds is 11. The molecule has 0 aliphatic rings. The molecule has 0 unspecified atom stereocenters. The van der Waals surface area contributed by atoms with Gasteiger partial charge >= 0.3 is 0 Å². The predicted octanol–water partition coefficient (Wildman–Crippen LogP) is 5.89. The highest BCUT2D eigenvalue weighted by atomic mass is 35.5. The van der Waals surface area contributed by atoms with E-state index in [4.69, 9.17) is 16.3 Å². The van der Waals surface area contributed by atoms with E-state index in [1.54, 1.807) is 30.3 Å². The first-order valence-corrected chi connectivity index (χ1v) is 12.8. The van der Waals surface area contributed by atoms with Gasteiger partial charge in [-0.2, -0.15) is 0 Å². The summed E-state index contributed by atoms with van der Waals surface area (Å²) in [5, 5.41) is 3.59. The molecule has 0 bridgehead atoms. The van der Waals surface area contributed by atoms with Crippen molar-refractivity contribution < 1.29 is 18.7 Å². The molecule has 0 saturated heterocycles. The van der Waals surface area contributed by atoms with Gasteiger partial charge in [0.25, 0.3) is 5.91 Å². The molecule has 0 heterocycles. The molecule has 0 aliphatic carbocycles. The molecule has 0 aliphatic heterocycles. The van der Waals surface area contributed by atoms with Crippen LogP contribution in [0, 0.1) is 25.6 Å². The third-order valence-corrected chi connectivity index (χ3v) is 6.62. The summed E-state index contributed by atoms with van der Waals surface area (Å²) >= 11 is 6.26. The molecule has 196 valence electrons. The van der Waals surface area contributed by atoms with Gasteiger partial charge in [0.15, 0.2) is 6.61 Å². The fourth-order valence-electron chi connectivity index (χ4n) is 4.00. The van der Waals surface area contributed by atoms with E-state index in [1.807, 2.05) is 58.0 Å². The highest BCUT2D eigenvalue weighted by molar-refractivity contribution is 6.32. The summed E-state index contributed by atoms with van der Waals surface area (Å²) in [7, 11) is 0. The average Bonchev–Trinajstić information content (AvgIpc) is 2.88. The smallest absolute Gasteiger partial charge is 0.261 e. The average molecular weight is 525 g/mol. The van der Waals surface area contributed by atoms with E-state index in [9.17, 15) is 14.0 Å². The summed E-state index contributed by atoms with van der Waals surface area (Å²) in [5.74, 6) is -0.417. The van der Waals surface area contributed by atoms with Crippen LogP contribution in [-0.2, 0) is 22.6 Å². The molecule has 5 nitrogen and oxygen atoms in total. The number of nitrogens with one attached hydrogen (secondary N) is 1. The van der Waals surface area contributed by atoms with E-state index in [1.165, 1.54) is 11.0 Å². The molecule has 3 aromatic carbocycles. The van der Waals surface area contributed by atoms with Gasteiger partial charge in [0.1, 0.15) is 17.6 Å². The maximum atomic E-state index is 14.7. The summed E-state index contributed by atoms with van der Waals surface area (Å²) in [5.41, 5.74) is 2.89. The minimum Gasteiger partial charge on any atom is -0.484 e. The lowest BCUT2D eigenvalue weighted by Gasteiger charge is -2.32. The molecule has 0 radical (unpaired) electrons. The second kappa shape index (κ2) is 13.2. The van der Waals surface area contributed by atoms with E-state index >= 15 is 0 Å². The lowest BCUT2D eigenvalue weighted by atomic mass is 10.0. The van der Waals surface area contributed by atoms with E-state index in [0.29, 0.717) is 22.9 Å². The van der Waals surface area contributed by atoms with Crippen LogP contribution in [0.2, 0.25) is 5.02 Å². The Bertz CT molecular complexity index is 1190. The number of hydrogen-bond donors (Lipinski definition) is 1. The van der Waals surface area contributed by atoms with Crippen LogP contribution >= 0.6 is 11.6 Å². The summed E-state index contributed by atoms with van der Waals surface area (Å²) in [4.78, 5) is 28.4. The molecule has 37 heavy (non-hydrogen) atoms. The number of hydrogen-bond acceptors (Lipinski definition) is 3. The number of carbonyl (C=O) groups excluding carboxylic acids is 2. The summed E-state index contributed by atoms with van der Waals surface area (Å²) in [6.45, 7) is 7.81. The van der Waals surface area contributed by atoms with E-state index in [2.05, 4.69) is 5.32 Å². The predicted molar refractivity (Wildman–Crippen MR) is 145 cm³/mol. The first-order chi connectivity index (χ1) is 17.7. The maximum absolute atomic E-state index is 14.7. The standard InChI is InChI=1S/C30H34ClFN2O3/c1-20(2)17-33-30(36)27(16-23-10-6-5-7-11-23)34(18-24-12-8-9-13-26(24)32)28(35)19-37-25-14-21(3)29(31)22(4)15-25/h5-15,20,27H,16-19H2,1-4H3,(H,33,36)/t27-/m0/s1. The van der Waals surface area contributed by atoms with Crippen LogP contribution in [0.25, 0.3) is 0 Å². The van der Waals surface area contributed by atoms with Gasteiger partial charge in [-0.3, -0.25) is 9.59 Å².